The molecule has 0 bridgehead atoms. The fraction of sp³-hybridized carbons (Fsp3) is 0.286. The van der Waals surface area contributed by atoms with Gasteiger partial charge in [0.2, 0.25) is 5.88 Å². The summed E-state index contributed by atoms with van der Waals surface area (Å²) < 4.78 is 5.80. The first-order valence-electron chi connectivity index (χ1n) is 6.33. The maximum Gasteiger partial charge on any atom is 0.352 e. The van der Waals surface area contributed by atoms with E-state index in [1.165, 1.54) is 0 Å². The molecule has 0 aromatic carbocycles. The van der Waals surface area contributed by atoms with Gasteiger partial charge >= 0.3 is 5.63 Å². The molecule has 1 atom stereocenters. The number of nitrogens with zero attached hydrogens (tertiary/aromatic N) is 2. The van der Waals surface area contributed by atoms with Crippen molar-refractivity contribution in [1.82, 2.24) is 9.99 Å². The molecule has 2 aromatic heterocycles. The third-order valence-electron chi connectivity index (χ3n) is 3.58. The number of hydrazine groups is 1. The van der Waals surface area contributed by atoms with Gasteiger partial charge in [-0.05, 0) is 53.0 Å². The third-order valence-corrected chi connectivity index (χ3v) is 4.50. The van der Waals surface area contributed by atoms with Crippen LogP contribution >= 0.6 is 15.9 Å². The zero-order valence-electron chi connectivity index (χ0n) is 11.2. The largest absolute Gasteiger partial charge is 0.404 e. The van der Waals surface area contributed by atoms with Crippen LogP contribution in [0.1, 0.15) is 29.7 Å². The minimum atomic E-state index is -0.355. The molecule has 0 saturated carbocycles. The second kappa shape index (κ2) is 5.03. The van der Waals surface area contributed by atoms with E-state index in [4.69, 9.17) is 4.42 Å². The summed E-state index contributed by atoms with van der Waals surface area (Å²) in [6.07, 6.45) is 3.54. The van der Waals surface area contributed by atoms with Gasteiger partial charge in [-0.25, -0.2) is 9.80 Å². The minimum Gasteiger partial charge on any atom is -0.404 e. The Labute approximate surface area is 124 Å². The second-order valence-corrected chi connectivity index (χ2v) is 5.64. The smallest absolute Gasteiger partial charge is 0.352 e. The Kier molecular flexibility index (Phi) is 3.35. The summed E-state index contributed by atoms with van der Waals surface area (Å²) in [5, 5.41) is 2.04. The van der Waals surface area contributed by atoms with Crippen LogP contribution in [0.2, 0.25) is 0 Å². The van der Waals surface area contributed by atoms with Gasteiger partial charge in [0.1, 0.15) is 4.47 Å². The molecule has 3 heterocycles. The standard InChI is InChI=1S/C14H14BrN3O2/c1-8-11-9(2)18(7-10-3-5-16-6-4-10)17-13(11)20-14(19)12(8)15/h3-6,9,17H,7H2,1-2H3. The normalized spacial score (nSPS) is 17.9. The molecule has 0 aliphatic carbocycles. The lowest BCUT2D eigenvalue weighted by atomic mass is 10.1. The van der Waals surface area contributed by atoms with Crippen molar-refractivity contribution < 1.29 is 4.42 Å². The quantitative estimate of drug-likeness (QED) is 0.914. The SMILES string of the molecule is Cc1c2c(oc(=O)c1Br)NN(Cc1ccncc1)C2C. The van der Waals surface area contributed by atoms with Crippen LogP contribution in [-0.4, -0.2) is 9.99 Å². The Bertz CT molecular complexity index is 700. The highest BCUT2D eigenvalue weighted by Gasteiger charge is 2.32. The van der Waals surface area contributed by atoms with E-state index in [1.807, 2.05) is 24.1 Å². The molecular weight excluding hydrogens is 322 g/mol. The van der Waals surface area contributed by atoms with Crippen LogP contribution in [0.15, 0.2) is 38.2 Å². The van der Waals surface area contributed by atoms with E-state index in [0.717, 1.165) is 16.7 Å². The maximum atomic E-state index is 11.7. The first-order valence-corrected chi connectivity index (χ1v) is 7.12. The summed E-state index contributed by atoms with van der Waals surface area (Å²) in [5.41, 5.74) is 5.90. The van der Waals surface area contributed by atoms with Crippen LogP contribution in [0.3, 0.4) is 0 Å². The molecule has 5 nitrogen and oxygen atoms in total. The number of fused-ring (bicyclic) bond motifs is 1. The van der Waals surface area contributed by atoms with Gasteiger partial charge in [-0.1, -0.05) is 0 Å². The summed E-state index contributed by atoms with van der Waals surface area (Å²) >= 11 is 3.29. The third kappa shape index (κ3) is 2.14. The number of aromatic nitrogens is 1. The summed E-state index contributed by atoms with van der Waals surface area (Å²) in [4.78, 5) is 15.7. The number of anilines is 1. The molecule has 1 unspecified atom stereocenters. The molecule has 0 saturated heterocycles. The van der Waals surface area contributed by atoms with Crippen LogP contribution in [0.5, 0.6) is 0 Å². The van der Waals surface area contributed by atoms with Gasteiger partial charge in [0.15, 0.2) is 0 Å². The molecule has 104 valence electrons. The highest BCUT2D eigenvalue weighted by molar-refractivity contribution is 9.10. The molecule has 0 radical (unpaired) electrons. The highest BCUT2D eigenvalue weighted by atomic mass is 79.9. The number of pyridine rings is 1. The number of halogens is 1. The zero-order valence-corrected chi connectivity index (χ0v) is 12.8. The summed E-state index contributed by atoms with van der Waals surface area (Å²) in [7, 11) is 0. The van der Waals surface area contributed by atoms with Gasteiger partial charge in [0, 0.05) is 24.5 Å². The van der Waals surface area contributed by atoms with E-state index in [2.05, 4.69) is 33.3 Å². The van der Waals surface area contributed by atoms with Gasteiger partial charge in [0.05, 0.1) is 6.04 Å². The van der Waals surface area contributed by atoms with Gasteiger partial charge < -0.3 is 4.42 Å². The van der Waals surface area contributed by atoms with Crippen molar-refractivity contribution in [3.05, 3.63) is 56.1 Å². The van der Waals surface area contributed by atoms with Crippen molar-refractivity contribution in [2.45, 2.75) is 26.4 Å². The van der Waals surface area contributed by atoms with Crippen molar-refractivity contribution in [1.29, 1.82) is 0 Å². The van der Waals surface area contributed by atoms with Crippen molar-refractivity contribution in [2.24, 2.45) is 0 Å². The van der Waals surface area contributed by atoms with Gasteiger partial charge in [-0.2, -0.15) is 0 Å². The molecule has 1 aliphatic heterocycles. The average molecular weight is 336 g/mol. The number of nitrogens with one attached hydrogen (secondary N) is 1. The number of rotatable bonds is 2. The average Bonchev–Trinajstić information content (AvgIpc) is 2.74. The number of hydrogen-bond donors (Lipinski definition) is 1. The van der Waals surface area contributed by atoms with E-state index in [9.17, 15) is 4.79 Å². The van der Waals surface area contributed by atoms with Crippen LogP contribution in [0.4, 0.5) is 5.88 Å². The first-order chi connectivity index (χ1) is 9.58. The molecular formula is C14H14BrN3O2. The van der Waals surface area contributed by atoms with Crippen LogP contribution < -0.4 is 11.1 Å². The monoisotopic (exact) mass is 335 g/mol. The van der Waals surface area contributed by atoms with Crippen LogP contribution in [-0.2, 0) is 6.54 Å². The number of hydrogen-bond acceptors (Lipinski definition) is 5. The first kappa shape index (κ1) is 13.3. The molecule has 0 fully saturated rings. The predicted octanol–water partition coefficient (Wildman–Crippen LogP) is 3.01. The van der Waals surface area contributed by atoms with E-state index in [-0.39, 0.29) is 11.7 Å². The Balaban J connectivity index is 1.93. The Morgan fingerprint density at radius 3 is 2.85 bits per heavy atom. The topological polar surface area (TPSA) is 58.4 Å². The van der Waals surface area contributed by atoms with Crippen molar-refractivity contribution in [2.75, 3.05) is 5.43 Å². The van der Waals surface area contributed by atoms with Gasteiger partial charge in [0.25, 0.3) is 0 Å². The fourth-order valence-corrected chi connectivity index (χ4v) is 2.76. The Hall–Kier alpha value is -1.66. The van der Waals surface area contributed by atoms with E-state index < -0.39 is 0 Å². The fourth-order valence-electron chi connectivity index (χ4n) is 2.46. The van der Waals surface area contributed by atoms with Crippen molar-refractivity contribution >= 4 is 21.8 Å². The Morgan fingerprint density at radius 1 is 1.45 bits per heavy atom. The van der Waals surface area contributed by atoms with Crippen LogP contribution in [0.25, 0.3) is 0 Å². The summed E-state index contributed by atoms with van der Waals surface area (Å²) in [5.74, 6) is 0.539. The van der Waals surface area contributed by atoms with Crippen molar-refractivity contribution in [3.63, 3.8) is 0 Å². The van der Waals surface area contributed by atoms with E-state index in [1.54, 1.807) is 12.4 Å². The Morgan fingerprint density at radius 2 is 2.15 bits per heavy atom. The molecule has 20 heavy (non-hydrogen) atoms. The summed E-state index contributed by atoms with van der Waals surface area (Å²) in [6.45, 7) is 4.71. The van der Waals surface area contributed by atoms with Gasteiger partial charge in [-0.15, -0.1) is 0 Å². The lowest BCUT2D eigenvalue weighted by Gasteiger charge is -2.21. The molecule has 0 amide bonds. The molecule has 2 aromatic rings. The molecule has 1 N–H and O–H groups in total. The summed E-state index contributed by atoms with van der Waals surface area (Å²) in [6, 6.07) is 4.06. The zero-order chi connectivity index (χ0) is 14.3. The van der Waals surface area contributed by atoms with E-state index in [0.29, 0.717) is 16.9 Å². The van der Waals surface area contributed by atoms with Gasteiger partial charge in [-0.3, -0.25) is 10.4 Å². The maximum absolute atomic E-state index is 11.7. The minimum absolute atomic E-state index is 0.124. The molecule has 1 aliphatic rings. The highest BCUT2D eigenvalue weighted by Crippen LogP contribution is 2.38. The lowest BCUT2D eigenvalue weighted by Crippen LogP contribution is -2.26. The molecule has 3 rings (SSSR count). The van der Waals surface area contributed by atoms with Crippen LogP contribution in [0, 0.1) is 6.92 Å². The second-order valence-electron chi connectivity index (χ2n) is 4.84. The van der Waals surface area contributed by atoms with Crippen molar-refractivity contribution in [3.8, 4) is 0 Å². The lowest BCUT2D eigenvalue weighted by molar-refractivity contribution is 0.267. The van der Waals surface area contributed by atoms with E-state index >= 15 is 0 Å². The molecule has 6 heteroatoms. The molecule has 0 spiro atoms. The predicted molar refractivity (Wildman–Crippen MR) is 79.2 cm³/mol.